The van der Waals surface area contributed by atoms with Crippen molar-refractivity contribution in [3.8, 4) is 17.2 Å². The largest absolute Gasteiger partial charge is 0.493 e. The van der Waals surface area contributed by atoms with Crippen LogP contribution in [0.2, 0.25) is 0 Å². The summed E-state index contributed by atoms with van der Waals surface area (Å²) in [4.78, 5) is 16.5. The van der Waals surface area contributed by atoms with Crippen molar-refractivity contribution in [3.05, 3.63) is 75.5 Å². The molecule has 2 heterocycles. The zero-order valence-electron chi connectivity index (χ0n) is 19.8. The van der Waals surface area contributed by atoms with Gasteiger partial charge in [-0.1, -0.05) is 36.8 Å². The van der Waals surface area contributed by atoms with Crippen LogP contribution in [0.1, 0.15) is 46.2 Å². The van der Waals surface area contributed by atoms with Gasteiger partial charge in [-0.2, -0.15) is 0 Å². The second-order valence-corrected chi connectivity index (χ2v) is 9.79. The van der Waals surface area contributed by atoms with Crippen LogP contribution < -0.4 is 14.2 Å². The molecule has 0 aliphatic carbocycles. The molecule has 0 bridgehead atoms. The lowest BCUT2D eigenvalue weighted by Gasteiger charge is -2.39. The monoisotopic (exact) mass is 481 g/mol. The van der Waals surface area contributed by atoms with E-state index < -0.39 is 12.0 Å². The minimum absolute atomic E-state index is 0.217. The molecule has 2 unspecified atom stereocenters. The molecule has 1 aromatic heterocycles. The number of rotatable bonds is 9. The number of carboxylic acid groups (broad SMARTS) is 1. The maximum Gasteiger partial charge on any atom is 0.320 e. The van der Waals surface area contributed by atoms with Crippen LogP contribution in [0.3, 0.4) is 0 Å². The summed E-state index contributed by atoms with van der Waals surface area (Å²) in [7, 11) is 3.22. The number of piperidine rings is 1. The molecule has 0 spiro atoms. The zero-order valence-corrected chi connectivity index (χ0v) is 20.6. The van der Waals surface area contributed by atoms with Crippen molar-refractivity contribution in [2.75, 3.05) is 20.8 Å². The number of likely N-dealkylation sites (tertiary alicyclic amines) is 1. The Morgan fingerprint density at radius 1 is 1.09 bits per heavy atom. The Bertz CT molecular complexity index is 1090. The standard InChI is InChI=1S/C27H31NO5S/c1-18-12-13-24(34-18)25(28-14-8-7-11-21(28)27(29)30)20-15-22(31-2)26(23(16-20)32-3)33-17-19-9-5-4-6-10-19/h4-6,9-10,12-13,15-16,21,25H,7-8,11,14,17H2,1-3H3,(H,29,30). The van der Waals surface area contributed by atoms with Gasteiger partial charge in [0.15, 0.2) is 11.5 Å². The number of carbonyl (C=O) groups is 1. The highest BCUT2D eigenvalue weighted by molar-refractivity contribution is 7.12. The van der Waals surface area contributed by atoms with Crippen molar-refractivity contribution in [2.45, 2.75) is 44.9 Å². The summed E-state index contributed by atoms with van der Waals surface area (Å²) in [5.74, 6) is 0.881. The SMILES string of the molecule is COc1cc(C(c2ccc(C)s2)N2CCCCC2C(=O)O)cc(OC)c1OCc1ccccc1. The molecule has 1 N–H and O–H groups in total. The van der Waals surface area contributed by atoms with Gasteiger partial charge in [0, 0.05) is 9.75 Å². The van der Waals surface area contributed by atoms with Gasteiger partial charge in [-0.15, -0.1) is 11.3 Å². The molecule has 1 fully saturated rings. The van der Waals surface area contributed by atoms with Gasteiger partial charge in [-0.05, 0) is 61.7 Å². The molecule has 1 saturated heterocycles. The fourth-order valence-electron chi connectivity index (χ4n) is 4.58. The van der Waals surface area contributed by atoms with Crippen LogP contribution in [0.5, 0.6) is 17.2 Å². The van der Waals surface area contributed by atoms with Crippen molar-refractivity contribution in [2.24, 2.45) is 0 Å². The maximum absolute atomic E-state index is 12.1. The summed E-state index contributed by atoms with van der Waals surface area (Å²) in [5.41, 5.74) is 1.97. The van der Waals surface area contributed by atoms with E-state index >= 15 is 0 Å². The topological polar surface area (TPSA) is 68.2 Å². The van der Waals surface area contributed by atoms with E-state index in [0.29, 0.717) is 30.3 Å². The molecular weight excluding hydrogens is 450 g/mol. The molecular formula is C27H31NO5S. The molecule has 180 valence electrons. The third-order valence-corrected chi connectivity index (χ3v) is 7.27. The molecule has 34 heavy (non-hydrogen) atoms. The summed E-state index contributed by atoms with van der Waals surface area (Å²) in [6.45, 7) is 3.17. The summed E-state index contributed by atoms with van der Waals surface area (Å²) in [6, 6.07) is 17.3. The van der Waals surface area contributed by atoms with Gasteiger partial charge in [-0.3, -0.25) is 9.69 Å². The Labute approximate surface area is 204 Å². The van der Waals surface area contributed by atoms with Gasteiger partial charge < -0.3 is 19.3 Å². The quantitative estimate of drug-likeness (QED) is 0.424. The van der Waals surface area contributed by atoms with Crippen molar-refractivity contribution < 1.29 is 24.1 Å². The predicted molar refractivity (Wildman–Crippen MR) is 133 cm³/mol. The Morgan fingerprint density at radius 3 is 2.38 bits per heavy atom. The van der Waals surface area contributed by atoms with E-state index in [0.717, 1.165) is 35.4 Å². The zero-order chi connectivity index (χ0) is 24.1. The number of hydrogen-bond donors (Lipinski definition) is 1. The molecule has 0 amide bonds. The first-order valence-corrected chi connectivity index (χ1v) is 12.3. The Morgan fingerprint density at radius 2 is 1.79 bits per heavy atom. The number of methoxy groups -OCH3 is 2. The predicted octanol–water partition coefficient (Wildman–Crippen LogP) is 5.68. The number of carboxylic acids is 1. The van der Waals surface area contributed by atoms with Crippen LogP contribution in [0.4, 0.5) is 0 Å². The van der Waals surface area contributed by atoms with Crippen molar-refractivity contribution in [1.29, 1.82) is 0 Å². The van der Waals surface area contributed by atoms with E-state index in [1.54, 1.807) is 25.6 Å². The van der Waals surface area contributed by atoms with Gasteiger partial charge in [0.2, 0.25) is 5.75 Å². The number of benzene rings is 2. The Balaban J connectivity index is 1.76. The average Bonchev–Trinajstić information content (AvgIpc) is 3.29. The summed E-state index contributed by atoms with van der Waals surface area (Å²) in [5, 5.41) is 9.97. The van der Waals surface area contributed by atoms with Crippen LogP contribution in [-0.2, 0) is 11.4 Å². The van der Waals surface area contributed by atoms with Gasteiger partial charge in [0.25, 0.3) is 0 Å². The van der Waals surface area contributed by atoms with Crippen molar-refractivity contribution in [3.63, 3.8) is 0 Å². The van der Waals surface area contributed by atoms with Gasteiger partial charge >= 0.3 is 5.97 Å². The smallest absolute Gasteiger partial charge is 0.320 e. The van der Waals surface area contributed by atoms with Crippen LogP contribution >= 0.6 is 11.3 Å². The van der Waals surface area contributed by atoms with Crippen LogP contribution in [0.25, 0.3) is 0 Å². The minimum atomic E-state index is -0.778. The van der Waals surface area contributed by atoms with Crippen LogP contribution in [0, 0.1) is 6.92 Å². The molecule has 2 atom stereocenters. The van der Waals surface area contributed by atoms with Gasteiger partial charge in [0.05, 0.1) is 20.3 Å². The highest BCUT2D eigenvalue weighted by atomic mass is 32.1. The lowest BCUT2D eigenvalue weighted by molar-refractivity contribution is -0.145. The highest BCUT2D eigenvalue weighted by Gasteiger charge is 2.36. The fourth-order valence-corrected chi connectivity index (χ4v) is 5.60. The third-order valence-electron chi connectivity index (χ3n) is 6.22. The number of hydrogen-bond acceptors (Lipinski definition) is 6. The molecule has 6 nitrogen and oxygen atoms in total. The molecule has 2 aromatic carbocycles. The van der Waals surface area contributed by atoms with Crippen LogP contribution in [-0.4, -0.2) is 42.8 Å². The second-order valence-electron chi connectivity index (χ2n) is 8.47. The first-order chi connectivity index (χ1) is 16.5. The molecule has 0 radical (unpaired) electrons. The first kappa shape index (κ1) is 24.1. The Hall–Kier alpha value is -3.03. The maximum atomic E-state index is 12.1. The van der Waals surface area contributed by atoms with E-state index in [1.807, 2.05) is 42.5 Å². The average molecular weight is 482 g/mol. The number of aliphatic carboxylic acids is 1. The number of aryl methyl sites for hydroxylation is 1. The van der Waals surface area contributed by atoms with Crippen LogP contribution in [0.15, 0.2) is 54.6 Å². The first-order valence-electron chi connectivity index (χ1n) is 11.5. The van der Waals surface area contributed by atoms with E-state index in [9.17, 15) is 9.90 Å². The molecule has 7 heteroatoms. The van der Waals surface area contributed by atoms with E-state index in [4.69, 9.17) is 14.2 Å². The minimum Gasteiger partial charge on any atom is -0.493 e. The van der Waals surface area contributed by atoms with E-state index in [2.05, 4.69) is 24.0 Å². The summed E-state index contributed by atoms with van der Waals surface area (Å²) < 4.78 is 17.6. The van der Waals surface area contributed by atoms with Crippen molar-refractivity contribution in [1.82, 2.24) is 4.90 Å². The molecule has 3 aromatic rings. The lowest BCUT2D eigenvalue weighted by Crippen LogP contribution is -2.46. The molecule has 4 rings (SSSR count). The molecule has 1 aliphatic rings. The Kier molecular flexibility index (Phi) is 7.75. The highest BCUT2D eigenvalue weighted by Crippen LogP contribution is 2.45. The normalized spacial score (nSPS) is 17.2. The van der Waals surface area contributed by atoms with Gasteiger partial charge in [-0.25, -0.2) is 0 Å². The second kappa shape index (κ2) is 10.9. The summed E-state index contributed by atoms with van der Waals surface area (Å²) in [6.07, 6.45) is 2.53. The van der Waals surface area contributed by atoms with Gasteiger partial charge in [0.1, 0.15) is 12.6 Å². The lowest BCUT2D eigenvalue weighted by atomic mass is 9.95. The number of thiophene rings is 1. The summed E-state index contributed by atoms with van der Waals surface area (Å²) >= 11 is 1.69. The van der Waals surface area contributed by atoms with E-state index in [1.165, 1.54) is 4.88 Å². The molecule has 0 saturated carbocycles. The molecule has 1 aliphatic heterocycles. The van der Waals surface area contributed by atoms with E-state index in [-0.39, 0.29) is 6.04 Å². The van der Waals surface area contributed by atoms with Crippen molar-refractivity contribution >= 4 is 17.3 Å². The fraction of sp³-hybridized carbons (Fsp3) is 0.370. The number of nitrogens with zero attached hydrogens (tertiary/aromatic N) is 1. The third kappa shape index (κ3) is 5.21. The number of ether oxygens (including phenoxy) is 3.